The van der Waals surface area contributed by atoms with E-state index in [1.165, 1.54) is 11.3 Å². The van der Waals surface area contributed by atoms with Crippen LogP contribution in [0, 0.1) is 11.3 Å². The highest BCUT2D eigenvalue weighted by Gasteiger charge is 2.26. The minimum absolute atomic E-state index is 0.0815. The molecular formula is C26H19N5O2S. The molecular weight excluding hydrogens is 446 g/mol. The van der Waals surface area contributed by atoms with Gasteiger partial charge >= 0.3 is 0 Å². The Labute approximate surface area is 199 Å². The number of benzene rings is 2. The van der Waals surface area contributed by atoms with Gasteiger partial charge in [-0.2, -0.15) is 5.26 Å². The van der Waals surface area contributed by atoms with Crippen molar-refractivity contribution in [2.24, 2.45) is 0 Å². The number of anilines is 3. The molecule has 0 aliphatic heterocycles. The topological polar surface area (TPSA) is 117 Å². The highest BCUT2D eigenvalue weighted by Crippen LogP contribution is 2.44. The number of nitrogen functional groups attached to an aromatic ring is 1. The number of nitrogens with two attached hydrogens (primary N) is 1. The molecule has 3 heterocycles. The van der Waals surface area contributed by atoms with Crippen LogP contribution in [0.1, 0.15) is 21.7 Å². The second kappa shape index (κ2) is 9.10. The number of nitriles is 1. The highest BCUT2D eigenvalue weighted by atomic mass is 32.1. The van der Waals surface area contributed by atoms with Crippen molar-refractivity contribution in [1.82, 2.24) is 10.3 Å². The first-order valence-corrected chi connectivity index (χ1v) is 11.3. The Balaban J connectivity index is 1.70. The van der Waals surface area contributed by atoms with Crippen LogP contribution in [-0.2, 0) is 6.54 Å². The molecule has 0 unspecified atom stereocenters. The number of furan rings is 1. The third-order valence-corrected chi connectivity index (χ3v) is 6.40. The third-order valence-electron chi connectivity index (χ3n) is 5.28. The standard InChI is InChI=1S/C26H19N5O2S/c27-14-19-20(16-8-3-1-4-9-16)23-22(31-24(19)28)21(25(32)29-15-18-12-7-13-33-18)26(34-23)30-17-10-5-2-6-11-17/h1-13,30H,15H2,(H2,28,31)(H,29,32). The van der Waals surface area contributed by atoms with E-state index in [0.717, 1.165) is 11.3 Å². The highest BCUT2D eigenvalue weighted by molar-refractivity contribution is 7.24. The zero-order valence-electron chi connectivity index (χ0n) is 17.9. The van der Waals surface area contributed by atoms with Gasteiger partial charge < -0.3 is 20.8 Å². The van der Waals surface area contributed by atoms with Gasteiger partial charge in [-0.05, 0) is 29.8 Å². The third kappa shape index (κ3) is 3.96. The lowest BCUT2D eigenvalue weighted by atomic mass is 10.00. The molecule has 0 aliphatic carbocycles. The first kappa shape index (κ1) is 21.2. The van der Waals surface area contributed by atoms with E-state index in [1.54, 1.807) is 18.4 Å². The Kier molecular flexibility index (Phi) is 5.68. The maximum absolute atomic E-state index is 13.4. The van der Waals surface area contributed by atoms with Crippen LogP contribution in [0.2, 0.25) is 0 Å². The van der Waals surface area contributed by atoms with Crippen molar-refractivity contribution in [2.75, 3.05) is 11.1 Å². The number of rotatable bonds is 6. The molecule has 3 aromatic heterocycles. The zero-order chi connectivity index (χ0) is 23.5. The van der Waals surface area contributed by atoms with Gasteiger partial charge in [0.05, 0.1) is 23.0 Å². The van der Waals surface area contributed by atoms with Crippen LogP contribution in [0.15, 0.2) is 83.5 Å². The maximum atomic E-state index is 13.4. The van der Waals surface area contributed by atoms with E-state index in [1.807, 2.05) is 60.7 Å². The van der Waals surface area contributed by atoms with Gasteiger partial charge in [0.1, 0.15) is 33.8 Å². The number of para-hydroxylation sites is 1. The van der Waals surface area contributed by atoms with Crippen LogP contribution in [0.5, 0.6) is 0 Å². The predicted octanol–water partition coefficient (Wildman–Crippen LogP) is 5.68. The average Bonchev–Trinajstić information content (AvgIpc) is 3.50. The number of fused-ring (bicyclic) bond motifs is 1. The Bertz CT molecular complexity index is 1500. The molecule has 5 rings (SSSR count). The normalized spacial score (nSPS) is 10.7. The fourth-order valence-electron chi connectivity index (χ4n) is 3.73. The lowest BCUT2D eigenvalue weighted by Gasteiger charge is -2.09. The summed E-state index contributed by atoms with van der Waals surface area (Å²) < 4.78 is 6.05. The van der Waals surface area contributed by atoms with E-state index in [4.69, 9.17) is 10.2 Å². The molecule has 1 amide bonds. The molecule has 0 spiro atoms. The van der Waals surface area contributed by atoms with Crippen LogP contribution in [0.3, 0.4) is 0 Å². The summed E-state index contributed by atoms with van der Waals surface area (Å²) in [6.45, 7) is 0.227. The number of nitrogens with zero attached hydrogens (tertiary/aromatic N) is 2. The fourth-order valence-corrected chi connectivity index (χ4v) is 4.96. The van der Waals surface area contributed by atoms with Crippen molar-refractivity contribution in [1.29, 1.82) is 5.26 Å². The van der Waals surface area contributed by atoms with E-state index in [-0.39, 0.29) is 23.8 Å². The zero-order valence-corrected chi connectivity index (χ0v) is 18.7. The fraction of sp³-hybridized carbons (Fsp3) is 0.0385. The molecule has 0 saturated heterocycles. The number of thiophene rings is 1. The van der Waals surface area contributed by atoms with Crippen molar-refractivity contribution in [3.63, 3.8) is 0 Å². The monoisotopic (exact) mass is 465 g/mol. The minimum atomic E-state index is -0.322. The molecule has 34 heavy (non-hydrogen) atoms. The number of hydrogen-bond donors (Lipinski definition) is 3. The largest absolute Gasteiger partial charge is 0.467 e. The van der Waals surface area contributed by atoms with Gasteiger partial charge in [-0.3, -0.25) is 4.79 Å². The lowest BCUT2D eigenvalue weighted by molar-refractivity contribution is 0.0950. The second-order valence-corrected chi connectivity index (χ2v) is 8.48. The molecule has 7 nitrogen and oxygen atoms in total. The van der Waals surface area contributed by atoms with Crippen LogP contribution in [0.4, 0.5) is 16.5 Å². The summed E-state index contributed by atoms with van der Waals surface area (Å²) in [5.41, 5.74) is 9.63. The predicted molar refractivity (Wildman–Crippen MR) is 134 cm³/mol. The molecule has 0 fully saturated rings. The van der Waals surface area contributed by atoms with Crippen molar-refractivity contribution in [3.05, 3.63) is 95.9 Å². The van der Waals surface area contributed by atoms with Crippen LogP contribution >= 0.6 is 11.3 Å². The van der Waals surface area contributed by atoms with Crippen LogP contribution in [-0.4, -0.2) is 10.9 Å². The van der Waals surface area contributed by atoms with E-state index in [0.29, 0.717) is 32.1 Å². The first-order chi connectivity index (χ1) is 16.7. The molecule has 0 aliphatic rings. The van der Waals surface area contributed by atoms with Gasteiger partial charge in [-0.15, -0.1) is 11.3 Å². The van der Waals surface area contributed by atoms with Crippen LogP contribution < -0.4 is 16.4 Å². The molecule has 8 heteroatoms. The number of aromatic nitrogens is 1. The van der Waals surface area contributed by atoms with Gasteiger partial charge in [0.25, 0.3) is 5.91 Å². The van der Waals surface area contributed by atoms with Gasteiger partial charge in [0.2, 0.25) is 0 Å². The quantitative estimate of drug-likeness (QED) is 0.297. The van der Waals surface area contributed by atoms with Gasteiger partial charge in [0, 0.05) is 11.3 Å². The second-order valence-electron chi connectivity index (χ2n) is 7.46. The molecule has 4 N–H and O–H groups in total. The van der Waals surface area contributed by atoms with Crippen molar-refractivity contribution in [3.8, 4) is 17.2 Å². The molecule has 5 aromatic rings. The van der Waals surface area contributed by atoms with E-state index in [9.17, 15) is 10.1 Å². The van der Waals surface area contributed by atoms with Crippen LogP contribution in [0.25, 0.3) is 21.3 Å². The van der Waals surface area contributed by atoms with Gasteiger partial charge in [-0.1, -0.05) is 48.5 Å². The summed E-state index contributed by atoms with van der Waals surface area (Å²) in [5.74, 6) is 0.393. The summed E-state index contributed by atoms with van der Waals surface area (Å²) in [4.78, 5) is 17.9. The minimum Gasteiger partial charge on any atom is -0.467 e. The molecule has 0 saturated carbocycles. The van der Waals surface area contributed by atoms with Crippen molar-refractivity contribution < 1.29 is 9.21 Å². The summed E-state index contributed by atoms with van der Waals surface area (Å²) >= 11 is 1.37. The smallest absolute Gasteiger partial charge is 0.256 e. The molecule has 0 atom stereocenters. The summed E-state index contributed by atoms with van der Waals surface area (Å²) in [5, 5.41) is 16.7. The molecule has 166 valence electrons. The number of pyridine rings is 1. The van der Waals surface area contributed by atoms with Crippen molar-refractivity contribution >= 4 is 44.0 Å². The first-order valence-electron chi connectivity index (χ1n) is 10.5. The molecule has 2 aromatic carbocycles. The van der Waals surface area contributed by atoms with E-state index in [2.05, 4.69) is 21.7 Å². The van der Waals surface area contributed by atoms with E-state index < -0.39 is 0 Å². The Hall–Kier alpha value is -4.61. The Morgan fingerprint density at radius 2 is 1.79 bits per heavy atom. The molecule has 0 bridgehead atoms. The number of amides is 1. The van der Waals surface area contributed by atoms with Crippen molar-refractivity contribution in [2.45, 2.75) is 6.54 Å². The summed E-state index contributed by atoms with van der Waals surface area (Å²) in [7, 11) is 0. The Morgan fingerprint density at radius 3 is 2.47 bits per heavy atom. The Morgan fingerprint density at radius 1 is 1.06 bits per heavy atom. The van der Waals surface area contributed by atoms with Gasteiger partial charge in [-0.25, -0.2) is 4.98 Å². The number of carbonyl (C=O) groups is 1. The number of nitrogens with one attached hydrogen (secondary N) is 2. The SMILES string of the molecule is N#Cc1c(N)nc2c(C(=O)NCc3ccco3)c(Nc3ccccc3)sc2c1-c1ccccc1. The summed E-state index contributed by atoms with van der Waals surface area (Å²) in [6, 6.07) is 24.8. The molecule has 0 radical (unpaired) electrons. The van der Waals surface area contributed by atoms with Gasteiger partial charge in [0.15, 0.2) is 0 Å². The summed E-state index contributed by atoms with van der Waals surface area (Å²) in [6.07, 6.45) is 1.56. The number of hydrogen-bond acceptors (Lipinski definition) is 7. The average molecular weight is 466 g/mol. The lowest BCUT2D eigenvalue weighted by Crippen LogP contribution is -2.23. The number of carbonyl (C=O) groups excluding carboxylic acids is 1. The maximum Gasteiger partial charge on any atom is 0.256 e. The van der Waals surface area contributed by atoms with E-state index >= 15 is 0 Å².